The van der Waals surface area contributed by atoms with Crippen LogP contribution in [0.1, 0.15) is 37.7 Å². The van der Waals surface area contributed by atoms with Gasteiger partial charge >= 0.3 is 5.97 Å². The molecule has 2 heterocycles. The molecule has 2 fully saturated rings. The van der Waals surface area contributed by atoms with Gasteiger partial charge in [0.05, 0.1) is 0 Å². The normalized spacial score (nSPS) is 23.3. The Morgan fingerprint density at radius 2 is 1.64 bits per heavy atom. The van der Waals surface area contributed by atoms with Crippen LogP contribution in [0.4, 0.5) is 0 Å². The first-order valence-corrected chi connectivity index (χ1v) is 8.45. The minimum Gasteiger partial charge on any atom is -0.480 e. The molecule has 1 N–H and O–H groups in total. The molecule has 22 heavy (non-hydrogen) atoms. The van der Waals surface area contributed by atoms with E-state index in [4.69, 9.17) is 0 Å². The summed E-state index contributed by atoms with van der Waals surface area (Å²) in [7, 11) is 0. The molecule has 4 nitrogen and oxygen atoms in total. The van der Waals surface area contributed by atoms with Crippen LogP contribution in [0, 0.1) is 0 Å². The standard InChI is InChI=1S/C18H26N2O2/c21-17(22)18(20-11-5-2-6-12-20)9-13-19(14-10-18)15-16-7-3-1-4-8-16/h1,3-4,7-8H,2,5-6,9-15H2,(H,21,22). The largest absolute Gasteiger partial charge is 0.480 e. The zero-order valence-corrected chi connectivity index (χ0v) is 13.2. The van der Waals surface area contributed by atoms with Crippen molar-refractivity contribution in [2.45, 2.75) is 44.2 Å². The van der Waals surface area contributed by atoms with E-state index in [1.165, 1.54) is 12.0 Å². The maximum atomic E-state index is 12.0. The highest BCUT2D eigenvalue weighted by Crippen LogP contribution is 2.32. The summed E-state index contributed by atoms with van der Waals surface area (Å²) in [5.74, 6) is -0.617. The molecule has 0 atom stereocenters. The van der Waals surface area contributed by atoms with Crippen molar-refractivity contribution in [3.05, 3.63) is 35.9 Å². The Hall–Kier alpha value is -1.39. The fourth-order valence-electron chi connectivity index (χ4n) is 3.91. The fourth-order valence-corrected chi connectivity index (χ4v) is 3.91. The Labute approximate surface area is 132 Å². The predicted molar refractivity (Wildman–Crippen MR) is 86.7 cm³/mol. The fraction of sp³-hybridized carbons (Fsp3) is 0.611. The summed E-state index contributed by atoms with van der Waals surface area (Å²) in [6.45, 7) is 4.57. The van der Waals surface area contributed by atoms with E-state index in [0.29, 0.717) is 0 Å². The summed E-state index contributed by atoms with van der Waals surface area (Å²) in [5, 5.41) is 9.86. The number of carboxylic acid groups (broad SMARTS) is 1. The number of carboxylic acids is 1. The van der Waals surface area contributed by atoms with Gasteiger partial charge in [0.15, 0.2) is 0 Å². The van der Waals surface area contributed by atoms with Gasteiger partial charge in [-0.2, -0.15) is 0 Å². The zero-order valence-electron chi connectivity index (χ0n) is 13.2. The number of likely N-dealkylation sites (tertiary alicyclic amines) is 2. The van der Waals surface area contributed by atoms with Gasteiger partial charge in [0.1, 0.15) is 5.54 Å². The third kappa shape index (κ3) is 3.18. The molecule has 0 amide bonds. The molecule has 1 aromatic carbocycles. The second-order valence-electron chi connectivity index (χ2n) is 6.65. The Morgan fingerprint density at radius 3 is 2.23 bits per heavy atom. The molecule has 0 bridgehead atoms. The van der Waals surface area contributed by atoms with Crippen LogP contribution in [0.2, 0.25) is 0 Å². The topological polar surface area (TPSA) is 43.8 Å². The van der Waals surface area contributed by atoms with Crippen molar-refractivity contribution in [3.63, 3.8) is 0 Å². The van der Waals surface area contributed by atoms with Gasteiger partial charge in [-0.1, -0.05) is 36.8 Å². The minimum atomic E-state index is -0.617. The van der Waals surface area contributed by atoms with Gasteiger partial charge < -0.3 is 5.11 Å². The SMILES string of the molecule is O=C(O)C1(N2CCCCC2)CCN(Cc2ccccc2)CC1. The molecular weight excluding hydrogens is 276 g/mol. The average Bonchev–Trinajstić information content (AvgIpc) is 2.57. The first-order chi connectivity index (χ1) is 10.7. The highest BCUT2D eigenvalue weighted by Gasteiger charge is 2.46. The molecule has 2 aliphatic heterocycles. The first-order valence-electron chi connectivity index (χ1n) is 8.45. The van der Waals surface area contributed by atoms with Crippen LogP contribution >= 0.6 is 0 Å². The lowest BCUT2D eigenvalue weighted by atomic mass is 9.84. The van der Waals surface area contributed by atoms with E-state index in [2.05, 4.69) is 34.1 Å². The first kappa shape index (κ1) is 15.5. The highest BCUT2D eigenvalue weighted by atomic mass is 16.4. The lowest BCUT2D eigenvalue weighted by Crippen LogP contribution is -2.61. The van der Waals surface area contributed by atoms with Gasteiger partial charge in [-0.3, -0.25) is 14.6 Å². The van der Waals surface area contributed by atoms with Gasteiger partial charge in [0.25, 0.3) is 0 Å². The number of hydrogen-bond acceptors (Lipinski definition) is 3. The molecule has 1 aromatic rings. The lowest BCUT2D eigenvalue weighted by molar-refractivity contribution is -0.156. The molecule has 2 aliphatic rings. The maximum Gasteiger partial charge on any atom is 0.324 e. The van der Waals surface area contributed by atoms with Gasteiger partial charge in [-0.05, 0) is 44.3 Å². The van der Waals surface area contributed by atoms with Crippen molar-refractivity contribution in [1.29, 1.82) is 0 Å². The molecule has 0 spiro atoms. The van der Waals surface area contributed by atoms with Crippen molar-refractivity contribution in [3.8, 4) is 0 Å². The van der Waals surface area contributed by atoms with Crippen LogP contribution in [0.3, 0.4) is 0 Å². The summed E-state index contributed by atoms with van der Waals surface area (Å²) in [4.78, 5) is 16.6. The summed E-state index contributed by atoms with van der Waals surface area (Å²) < 4.78 is 0. The van der Waals surface area contributed by atoms with E-state index in [9.17, 15) is 9.90 Å². The second kappa shape index (κ2) is 6.80. The smallest absolute Gasteiger partial charge is 0.324 e. The third-order valence-corrected chi connectivity index (χ3v) is 5.29. The van der Waals surface area contributed by atoms with Crippen LogP contribution in [-0.4, -0.2) is 52.6 Å². The Bertz CT molecular complexity index is 489. The molecule has 3 rings (SSSR count). The number of benzene rings is 1. The number of nitrogens with zero attached hydrogens (tertiary/aromatic N) is 2. The molecule has 0 saturated carbocycles. The predicted octanol–water partition coefficient (Wildman–Crippen LogP) is 2.59. The van der Waals surface area contributed by atoms with E-state index in [0.717, 1.165) is 58.4 Å². The summed E-state index contributed by atoms with van der Waals surface area (Å²) in [6.07, 6.45) is 5.02. The van der Waals surface area contributed by atoms with Crippen LogP contribution in [-0.2, 0) is 11.3 Å². The molecule has 120 valence electrons. The lowest BCUT2D eigenvalue weighted by Gasteiger charge is -2.47. The molecule has 0 unspecified atom stereocenters. The maximum absolute atomic E-state index is 12.0. The Balaban J connectivity index is 1.63. The van der Waals surface area contributed by atoms with Crippen molar-refractivity contribution in [2.24, 2.45) is 0 Å². The van der Waals surface area contributed by atoms with E-state index in [1.807, 2.05) is 6.07 Å². The van der Waals surface area contributed by atoms with E-state index >= 15 is 0 Å². The van der Waals surface area contributed by atoms with Crippen LogP contribution in [0.25, 0.3) is 0 Å². The molecule has 4 heteroatoms. The Kier molecular flexibility index (Phi) is 4.79. The van der Waals surface area contributed by atoms with Crippen molar-refractivity contribution >= 4 is 5.97 Å². The van der Waals surface area contributed by atoms with Crippen molar-refractivity contribution in [1.82, 2.24) is 9.80 Å². The van der Waals surface area contributed by atoms with Gasteiger partial charge in [-0.25, -0.2) is 0 Å². The number of piperidine rings is 2. The summed E-state index contributed by atoms with van der Waals surface area (Å²) in [6, 6.07) is 10.4. The van der Waals surface area contributed by atoms with Crippen LogP contribution < -0.4 is 0 Å². The molecular formula is C18H26N2O2. The van der Waals surface area contributed by atoms with Crippen LogP contribution in [0.5, 0.6) is 0 Å². The number of hydrogen-bond donors (Lipinski definition) is 1. The summed E-state index contributed by atoms with van der Waals surface area (Å²) >= 11 is 0. The second-order valence-corrected chi connectivity index (χ2v) is 6.65. The van der Waals surface area contributed by atoms with E-state index < -0.39 is 11.5 Å². The summed E-state index contributed by atoms with van der Waals surface area (Å²) in [5.41, 5.74) is 0.691. The number of carbonyl (C=O) groups is 1. The van der Waals surface area contributed by atoms with Gasteiger partial charge in [-0.15, -0.1) is 0 Å². The molecule has 0 radical (unpaired) electrons. The van der Waals surface area contributed by atoms with Crippen molar-refractivity contribution < 1.29 is 9.90 Å². The van der Waals surface area contributed by atoms with Gasteiger partial charge in [0, 0.05) is 19.6 Å². The Morgan fingerprint density at radius 1 is 1.00 bits per heavy atom. The zero-order chi connectivity index (χ0) is 15.4. The molecule has 2 saturated heterocycles. The molecule has 0 aliphatic carbocycles. The highest BCUT2D eigenvalue weighted by molar-refractivity contribution is 5.79. The van der Waals surface area contributed by atoms with Crippen LogP contribution in [0.15, 0.2) is 30.3 Å². The third-order valence-electron chi connectivity index (χ3n) is 5.29. The number of rotatable bonds is 4. The van der Waals surface area contributed by atoms with Crippen molar-refractivity contribution in [2.75, 3.05) is 26.2 Å². The quantitative estimate of drug-likeness (QED) is 0.928. The van der Waals surface area contributed by atoms with Gasteiger partial charge in [0.2, 0.25) is 0 Å². The van der Waals surface area contributed by atoms with E-state index in [-0.39, 0.29) is 0 Å². The monoisotopic (exact) mass is 302 g/mol. The number of aliphatic carboxylic acids is 1. The minimum absolute atomic E-state index is 0.617. The van der Waals surface area contributed by atoms with E-state index in [1.54, 1.807) is 0 Å². The average molecular weight is 302 g/mol. The molecule has 0 aromatic heterocycles.